The lowest BCUT2D eigenvalue weighted by Gasteiger charge is -2.19. The minimum atomic E-state index is 0.0277. The molecule has 1 aliphatic rings. The van der Waals surface area contributed by atoms with Crippen LogP contribution in [0.2, 0.25) is 0 Å². The van der Waals surface area contributed by atoms with Gasteiger partial charge < -0.3 is 15.1 Å². The molecule has 23 heavy (non-hydrogen) atoms. The molecule has 0 spiro atoms. The van der Waals surface area contributed by atoms with Crippen molar-refractivity contribution in [2.75, 3.05) is 39.0 Å². The molecule has 2 rings (SSSR count). The maximum atomic E-state index is 12.4. The molecule has 0 unspecified atom stereocenters. The first kappa shape index (κ1) is 18.1. The van der Waals surface area contributed by atoms with Crippen LogP contribution >= 0.6 is 11.8 Å². The zero-order chi connectivity index (χ0) is 16.8. The predicted octanol–water partition coefficient (Wildman–Crippen LogP) is 3.74. The summed E-state index contributed by atoms with van der Waals surface area (Å²) in [6.07, 6.45) is 1.09. The molecule has 1 saturated heterocycles. The first-order valence-corrected chi connectivity index (χ1v) is 9.40. The van der Waals surface area contributed by atoms with E-state index in [2.05, 4.69) is 50.3 Å². The molecular formula is C18H29N3OS. The van der Waals surface area contributed by atoms with Gasteiger partial charge in [0.2, 0.25) is 0 Å². The van der Waals surface area contributed by atoms with E-state index in [1.807, 2.05) is 28.8 Å². The first-order valence-electron chi connectivity index (χ1n) is 8.35. The Hall–Kier alpha value is -1.20. The largest absolute Gasteiger partial charge is 0.324 e. The Morgan fingerprint density at radius 3 is 2.91 bits per heavy atom. The standard InChI is InChI=1S/C18H29N3OS/c1-14(2)23-13-15-6-5-7-17(10-15)19-18(22)21-9-8-16(12-21)11-20(3)4/h5-7,10,14,16H,8-9,11-13H2,1-4H3,(H,19,22)/t16-/m1/s1. The summed E-state index contributed by atoms with van der Waals surface area (Å²) < 4.78 is 0. The second-order valence-corrected chi connectivity index (χ2v) is 8.42. The Morgan fingerprint density at radius 1 is 1.43 bits per heavy atom. The van der Waals surface area contributed by atoms with Crippen molar-refractivity contribution in [3.8, 4) is 0 Å². The number of nitrogens with one attached hydrogen (secondary N) is 1. The van der Waals surface area contributed by atoms with Crippen LogP contribution in [-0.4, -0.2) is 54.8 Å². The number of anilines is 1. The summed E-state index contributed by atoms with van der Waals surface area (Å²) in [4.78, 5) is 16.6. The molecule has 0 aliphatic carbocycles. The van der Waals surface area contributed by atoms with Gasteiger partial charge in [-0.1, -0.05) is 26.0 Å². The number of hydrogen-bond acceptors (Lipinski definition) is 3. The van der Waals surface area contributed by atoms with Gasteiger partial charge >= 0.3 is 6.03 Å². The molecule has 0 bridgehead atoms. The number of rotatable bonds is 6. The lowest BCUT2D eigenvalue weighted by Crippen LogP contribution is -2.34. The van der Waals surface area contributed by atoms with Crippen LogP contribution in [0.5, 0.6) is 0 Å². The number of nitrogens with zero attached hydrogens (tertiary/aromatic N) is 2. The Kier molecular flexibility index (Phi) is 6.78. The van der Waals surface area contributed by atoms with E-state index in [0.29, 0.717) is 11.2 Å². The SMILES string of the molecule is CC(C)SCc1cccc(NC(=O)N2CC[C@H](CN(C)C)C2)c1. The van der Waals surface area contributed by atoms with E-state index in [4.69, 9.17) is 0 Å². The number of urea groups is 1. The molecule has 1 aliphatic heterocycles. The third kappa shape index (κ3) is 6.07. The Balaban J connectivity index is 1.87. The molecule has 0 saturated carbocycles. The van der Waals surface area contributed by atoms with Gasteiger partial charge in [-0.15, -0.1) is 0 Å². The third-order valence-corrected chi connectivity index (χ3v) is 5.12. The van der Waals surface area contributed by atoms with Crippen molar-refractivity contribution in [1.29, 1.82) is 0 Å². The maximum absolute atomic E-state index is 12.4. The summed E-state index contributed by atoms with van der Waals surface area (Å²) in [5.74, 6) is 1.57. The summed E-state index contributed by atoms with van der Waals surface area (Å²) in [6, 6.07) is 8.22. The minimum Gasteiger partial charge on any atom is -0.324 e. The number of carbonyl (C=O) groups is 1. The highest BCUT2D eigenvalue weighted by Gasteiger charge is 2.26. The van der Waals surface area contributed by atoms with Crippen LogP contribution in [0, 0.1) is 5.92 Å². The molecule has 1 aromatic rings. The van der Waals surface area contributed by atoms with Crippen molar-refractivity contribution in [3.05, 3.63) is 29.8 Å². The van der Waals surface area contributed by atoms with Crippen LogP contribution in [-0.2, 0) is 5.75 Å². The molecule has 5 heteroatoms. The molecule has 1 fully saturated rings. The molecule has 0 aromatic heterocycles. The second-order valence-electron chi connectivity index (χ2n) is 6.85. The van der Waals surface area contributed by atoms with Crippen molar-refractivity contribution in [2.24, 2.45) is 5.92 Å². The van der Waals surface area contributed by atoms with Gasteiger partial charge in [-0.2, -0.15) is 11.8 Å². The van der Waals surface area contributed by atoms with Gasteiger partial charge in [0.15, 0.2) is 0 Å². The van der Waals surface area contributed by atoms with E-state index in [0.717, 1.165) is 37.5 Å². The van der Waals surface area contributed by atoms with E-state index >= 15 is 0 Å². The van der Waals surface area contributed by atoms with Gasteiger partial charge in [0.05, 0.1) is 0 Å². The highest BCUT2D eigenvalue weighted by atomic mass is 32.2. The fourth-order valence-electron chi connectivity index (χ4n) is 2.89. The Labute approximate surface area is 144 Å². The summed E-state index contributed by atoms with van der Waals surface area (Å²) in [6.45, 7) is 7.16. The number of likely N-dealkylation sites (tertiary alicyclic amines) is 1. The Morgan fingerprint density at radius 2 is 2.22 bits per heavy atom. The van der Waals surface area contributed by atoms with E-state index in [-0.39, 0.29) is 6.03 Å². The quantitative estimate of drug-likeness (QED) is 0.860. The number of carbonyl (C=O) groups excluding carboxylic acids is 1. The van der Waals surface area contributed by atoms with Gasteiger partial charge in [-0.3, -0.25) is 0 Å². The van der Waals surface area contributed by atoms with Crippen molar-refractivity contribution < 1.29 is 4.79 Å². The first-order chi connectivity index (χ1) is 10.9. The van der Waals surface area contributed by atoms with Gasteiger partial charge in [0.25, 0.3) is 0 Å². The van der Waals surface area contributed by atoms with Gasteiger partial charge in [-0.05, 0) is 49.4 Å². The van der Waals surface area contributed by atoms with Crippen LogP contribution < -0.4 is 5.32 Å². The summed E-state index contributed by atoms with van der Waals surface area (Å²) in [5, 5.41) is 3.67. The van der Waals surface area contributed by atoms with Gasteiger partial charge in [0, 0.05) is 31.1 Å². The minimum absolute atomic E-state index is 0.0277. The van der Waals surface area contributed by atoms with Crippen molar-refractivity contribution in [3.63, 3.8) is 0 Å². The molecule has 0 radical (unpaired) electrons. The average molecular weight is 336 g/mol. The zero-order valence-electron chi connectivity index (χ0n) is 14.7. The summed E-state index contributed by atoms with van der Waals surface area (Å²) in [7, 11) is 4.17. The number of thioether (sulfide) groups is 1. The summed E-state index contributed by atoms with van der Waals surface area (Å²) >= 11 is 1.92. The molecule has 1 atom stereocenters. The molecule has 4 nitrogen and oxygen atoms in total. The van der Waals surface area contributed by atoms with Crippen molar-refractivity contribution >= 4 is 23.5 Å². The molecule has 1 N–H and O–H groups in total. The topological polar surface area (TPSA) is 35.6 Å². The Bertz CT molecular complexity index is 519. The average Bonchev–Trinajstić information content (AvgIpc) is 2.93. The third-order valence-electron chi connectivity index (χ3n) is 3.96. The van der Waals surface area contributed by atoms with Crippen LogP contribution in [0.4, 0.5) is 10.5 Å². The van der Waals surface area contributed by atoms with Gasteiger partial charge in [-0.25, -0.2) is 4.79 Å². The fourth-order valence-corrected chi connectivity index (χ4v) is 3.59. The monoisotopic (exact) mass is 335 g/mol. The van der Waals surface area contributed by atoms with Crippen LogP contribution in [0.15, 0.2) is 24.3 Å². The number of amides is 2. The van der Waals surface area contributed by atoms with Crippen molar-refractivity contribution in [1.82, 2.24) is 9.80 Å². The highest BCUT2D eigenvalue weighted by molar-refractivity contribution is 7.99. The lowest BCUT2D eigenvalue weighted by molar-refractivity contribution is 0.219. The van der Waals surface area contributed by atoms with Crippen molar-refractivity contribution in [2.45, 2.75) is 31.3 Å². The predicted molar refractivity (Wildman–Crippen MR) is 100 cm³/mol. The van der Waals surface area contributed by atoms with Crippen LogP contribution in [0.3, 0.4) is 0 Å². The fraction of sp³-hybridized carbons (Fsp3) is 0.611. The van der Waals surface area contributed by atoms with Gasteiger partial charge in [0.1, 0.15) is 0 Å². The highest BCUT2D eigenvalue weighted by Crippen LogP contribution is 2.21. The number of hydrogen-bond donors (Lipinski definition) is 1. The maximum Gasteiger partial charge on any atom is 0.321 e. The zero-order valence-corrected chi connectivity index (χ0v) is 15.5. The smallest absolute Gasteiger partial charge is 0.321 e. The number of benzene rings is 1. The molecular weight excluding hydrogens is 306 g/mol. The van der Waals surface area contributed by atoms with E-state index in [9.17, 15) is 4.79 Å². The van der Waals surface area contributed by atoms with E-state index in [1.54, 1.807) is 0 Å². The molecule has 2 amide bonds. The van der Waals surface area contributed by atoms with Crippen LogP contribution in [0.1, 0.15) is 25.8 Å². The molecule has 1 heterocycles. The molecule has 1 aromatic carbocycles. The summed E-state index contributed by atoms with van der Waals surface area (Å²) in [5.41, 5.74) is 2.15. The molecule has 128 valence electrons. The van der Waals surface area contributed by atoms with E-state index in [1.165, 1.54) is 5.56 Å². The second kappa shape index (κ2) is 8.60. The lowest BCUT2D eigenvalue weighted by atomic mass is 10.1. The van der Waals surface area contributed by atoms with E-state index < -0.39 is 0 Å². The normalized spacial score (nSPS) is 18.0. The van der Waals surface area contributed by atoms with Crippen LogP contribution in [0.25, 0.3) is 0 Å².